The minimum absolute atomic E-state index is 0.222. The summed E-state index contributed by atoms with van der Waals surface area (Å²) in [7, 11) is 0. The van der Waals surface area contributed by atoms with Crippen molar-refractivity contribution in [2.24, 2.45) is 5.92 Å². The highest BCUT2D eigenvalue weighted by Crippen LogP contribution is 2.02. The Kier molecular flexibility index (Phi) is 5.85. The van der Waals surface area contributed by atoms with Crippen molar-refractivity contribution < 1.29 is 14.3 Å². The zero-order valence-corrected chi connectivity index (χ0v) is 8.21. The normalized spacial score (nSPS) is 9.77. The van der Waals surface area contributed by atoms with Crippen LogP contribution in [0.2, 0.25) is 0 Å². The Bertz CT molecular complexity index is 194. The van der Waals surface area contributed by atoms with Crippen LogP contribution < -0.4 is 0 Å². The maximum Gasteiger partial charge on any atom is 0.313 e. The van der Waals surface area contributed by atoms with Gasteiger partial charge in [-0.3, -0.25) is 9.59 Å². The Morgan fingerprint density at radius 3 is 2.46 bits per heavy atom. The predicted molar refractivity (Wildman–Crippen MR) is 50.0 cm³/mol. The van der Waals surface area contributed by atoms with E-state index in [-0.39, 0.29) is 12.3 Å². The van der Waals surface area contributed by atoms with Gasteiger partial charge in [-0.05, 0) is 12.3 Å². The highest BCUT2D eigenvalue weighted by Gasteiger charge is 2.10. The minimum atomic E-state index is -0.467. The number of hydrogen-bond donors (Lipinski definition) is 0. The number of carbonyl (C=O) groups excluding carboxylic acids is 2. The molecule has 0 saturated heterocycles. The third-order valence-electron chi connectivity index (χ3n) is 1.36. The fraction of sp³-hybridized carbons (Fsp3) is 0.600. The van der Waals surface area contributed by atoms with Crippen molar-refractivity contribution in [3.05, 3.63) is 12.7 Å². The fourth-order valence-electron chi connectivity index (χ4n) is 0.773. The van der Waals surface area contributed by atoms with Crippen LogP contribution >= 0.6 is 0 Å². The largest absolute Gasteiger partial charge is 0.393 e. The van der Waals surface area contributed by atoms with Gasteiger partial charge in [0.15, 0.2) is 0 Å². The number of ether oxygens (including phenoxy) is 1. The van der Waals surface area contributed by atoms with E-state index in [2.05, 4.69) is 11.3 Å². The van der Waals surface area contributed by atoms with Crippen LogP contribution in [-0.2, 0) is 14.3 Å². The van der Waals surface area contributed by atoms with Gasteiger partial charge in [0, 0.05) is 12.8 Å². The summed E-state index contributed by atoms with van der Waals surface area (Å²) in [6.45, 7) is 7.26. The molecule has 0 bridgehead atoms. The molecule has 0 heterocycles. The molecule has 0 aliphatic rings. The molecule has 0 rings (SSSR count). The van der Waals surface area contributed by atoms with Gasteiger partial charge < -0.3 is 4.74 Å². The van der Waals surface area contributed by atoms with E-state index in [0.29, 0.717) is 12.8 Å². The minimum Gasteiger partial charge on any atom is -0.393 e. The van der Waals surface area contributed by atoms with Gasteiger partial charge in [-0.1, -0.05) is 19.9 Å². The lowest BCUT2D eigenvalue weighted by molar-refractivity contribution is -0.160. The first-order valence-corrected chi connectivity index (χ1v) is 4.40. The van der Waals surface area contributed by atoms with E-state index in [1.807, 2.05) is 13.8 Å². The van der Waals surface area contributed by atoms with Crippen molar-refractivity contribution in [2.75, 3.05) is 0 Å². The second kappa shape index (κ2) is 6.40. The lowest BCUT2D eigenvalue weighted by Gasteiger charge is -2.03. The Hall–Kier alpha value is -1.12. The summed E-state index contributed by atoms with van der Waals surface area (Å²) >= 11 is 0. The molecule has 3 heteroatoms. The second-order valence-corrected chi connectivity index (χ2v) is 3.27. The Morgan fingerprint density at radius 2 is 2.00 bits per heavy atom. The molecule has 0 aromatic carbocycles. The predicted octanol–water partition coefficient (Wildman–Crippen LogP) is 2.07. The smallest absolute Gasteiger partial charge is 0.313 e. The van der Waals surface area contributed by atoms with E-state index in [4.69, 9.17) is 0 Å². The highest BCUT2D eigenvalue weighted by molar-refractivity contribution is 5.85. The molecule has 0 spiro atoms. The summed E-state index contributed by atoms with van der Waals surface area (Å²) in [4.78, 5) is 21.9. The number of esters is 2. The van der Waals surface area contributed by atoms with Gasteiger partial charge in [-0.2, -0.15) is 0 Å². The van der Waals surface area contributed by atoms with Crippen molar-refractivity contribution in [2.45, 2.75) is 33.1 Å². The lowest BCUT2D eigenvalue weighted by Crippen LogP contribution is -2.13. The highest BCUT2D eigenvalue weighted by atomic mass is 16.6. The van der Waals surface area contributed by atoms with Gasteiger partial charge in [0.2, 0.25) is 0 Å². The topological polar surface area (TPSA) is 43.4 Å². The van der Waals surface area contributed by atoms with E-state index in [1.165, 1.54) is 0 Å². The number of hydrogen-bond acceptors (Lipinski definition) is 3. The molecule has 0 saturated carbocycles. The molecule has 0 unspecified atom stereocenters. The standard InChI is InChI=1S/C10H16O3/c1-4-5-6-9(11)13-10(12)7-8(2)3/h4,8H,1,5-7H2,2-3H3. The van der Waals surface area contributed by atoms with E-state index in [0.717, 1.165) is 0 Å². The summed E-state index contributed by atoms with van der Waals surface area (Å²) < 4.78 is 4.54. The molecular weight excluding hydrogens is 168 g/mol. The first kappa shape index (κ1) is 11.9. The third-order valence-corrected chi connectivity index (χ3v) is 1.36. The summed E-state index contributed by atoms with van der Waals surface area (Å²) in [6, 6.07) is 0. The van der Waals surface area contributed by atoms with E-state index >= 15 is 0 Å². The van der Waals surface area contributed by atoms with Crippen LogP contribution in [0.15, 0.2) is 12.7 Å². The lowest BCUT2D eigenvalue weighted by atomic mass is 10.1. The van der Waals surface area contributed by atoms with Gasteiger partial charge >= 0.3 is 11.9 Å². The summed E-state index contributed by atoms with van der Waals surface area (Å²) in [5.74, 6) is -0.686. The number of rotatable bonds is 5. The number of carbonyl (C=O) groups is 2. The van der Waals surface area contributed by atoms with Crippen LogP contribution in [0, 0.1) is 5.92 Å². The second-order valence-electron chi connectivity index (χ2n) is 3.27. The van der Waals surface area contributed by atoms with Crippen LogP contribution in [0.3, 0.4) is 0 Å². The fourth-order valence-corrected chi connectivity index (χ4v) is 0.773. The first-order chi connectivity index (χ1) is 6.06. The van der Waals surface area contributed by atoms with Crippen molar-refractivity contribution in [1.29, 1.82) is 0 Å². The van der Waals surface area contributed by atoms with Gasteiger partial charge in [-0.25, -0.2) is 0 Å². The average molecular weight is 184 g/mol. The van der Waals surface area contributed by atoms with E-state index < -0.39 is 11.9 Å². The molecule has 0 radical (unpaired) electrons. The SMILES string of the molecule is C=CCCC(=O)OC(=O)CC(C)C. The molecule has 0 aliphatic carbocycles. The molecule has 0 amide bonds. The van der Waals surface area contributed by atoms with Crippen molar-refractivity contribution >= 4 is 11.9 Å². The zero-order valence-electron chi connectivity index (χ0n) is 8.21. The molecule has 74 valence electrons. The van der Waals surface area contributed by atoms with Gasteiger partial charge in [-0.15, -0.1) is 6.58 Å². The monoisotopic (exact) mass is 184 g/mol. The Balaban J connectivity index is 3.65. The zero-order chi connectivity index (χ0) is 10.3. The number of allylic oxidation sites excluding steroid dienone is 1. The maximum absolute atomic E-state index is 11.0. The molecule has 0 aromatic heterocycles. The van der Waals surface area contributed by atoms with Gasteiger partial charge in [0.05, 0.1) is 0 Å². The molecule has 0 fully saturated rings. The van der Waals surface area contributed by atoms with E-state index in [1.54, 1.807) is 6.08 Å². The van der Waals surface area contributed by atoms with Crippen molar-refractivity contribution in [3.63, 3.8) is 0 Å². The third kappa shape index (κ3) is 7.25. The first-order valence-electron chi connectivity index (χ1n) is 4.40. The summed E-state index contributed by atoms with van der Waals surface area (Å²) in [6.07, 6.45) is 2.69. The summed E-state index contributed by atoms with van der Waals surface area (Å²) in [5.41, 5.74) is 0. The molecule has 0 atom stereocenters. The van der Waals surface area contributed by atoms with Crippen molar-refractivity contribution in [1.82, 2.24) is 0 Å². The van der Waals surface area contributed by atoms with E-state index in [9.17, 15) is 9.59 Å². The van der Waals surface area contributed by atoms with Crippen LogP contribution in [0.25, 0.3) is 0 Å². The van der Waals surface area contributed by atoms with Crippen LogP contribution in [0.4, 0.5) is 0 Å². The van der Waals surface area contributed by atoms with Crippen LogP contribution in [-0.4, -0.2) is 11.9 Å². The molecule has 0 aromatic rings. The van der Waals surface area contributed by atoms with Gasteiger partial charge in [0.25, 0.3) is 0 Å². The van der Waals surface area contributed by atoms with Crippen molar-refractivity contribution in [3.8, 4) is 0 Å². The molecule has 0 N–H and O–H groups in total. The summed E-state index contributed by atoms with van der Waals surface area (Å²) in [5, 5.41) is 0. The maximum atomic E-state index is 11.0. The quantitative estimate of drug-likeness (QED) is 0.373. The Morgan fingerprint density at radius 1 is 1.38 bits per heavy atom. The average Bonchev–Trinajstić information content (AvgIpc) is 1.98. The molecular formula is C10H16O3. The molecule has 13 heavy (non-hydrogen) atoms. The molecule has 0 aliphatic heterocycles. The van der Waals surface area contributed by atoms with Crippen LogP contribution in [0.5, 0.6) is 0 Å². The van der Waals surface area contributed by atoms with Crippen LogP contribution in [0.1, 0.15) is 33.1 Å². The Labute approximate surface area is 78.8 Å². The molecule has 3 nitrogen and oxygen atoms in total. The van der Waals surface area contributed by atoms with Gasteiger partial charge in [0.1, 0.15) is 0 Å².